The van der Waals surface area contributed by atoms with E-state index in [0.717, 1.165) is 29.8 Å². The SMILES string of the molecule is Cc1ccc(S(=O)(=O)/N=C(\c2ccc(C(F)(F)F)cc2)P(=O)(OC(C)C)OC(C)C)cc1. The first-order valence-corrected chi connectivity index (χ1v) is 12.7. The van der Waals surface area contributed by atoms with Crippen molar-refractivity contribution in [3.8, 4) is 0 Å². The minimum atomic E-state index is -4.60. The van der Waals surface area contributed by atoms with Crippen LogP contribution in [0, 0.1) is 6.92 Å². The molecular weight excluding hydrogens is 466 g/mol. The zero-order valence-corrected chi connectivity index (χ0v) is 20.0. The van der Waals surface area contributed by atoms with Crippen LogP contribution in [0.25, 0.3) is 0 Å². The molecule has 0 saturated heterocycles. The fraction of sp³-hybridized carbons (Fsp3) is 0.381. The summed E-state index contributed by atoms with van der Waals surface area (Å²) in [5.41, 5.74) is -0.855. The molecule has 0 spiro atoms. The molecule has 176 valence electrons. The van der Waals surface area contributed by atoms with Gasteiger partial charge in [0.2, 0.25) is 0 Å². The van der Waals surface area contributed by atoms with Crippen molar-refractivity contribution in [1.29, 1.82) is 0 Å². The molecule has 32 heavy (non-hydrogen) atoms. The van der Waals surface area contributed by atoms with Crippen molar-refractivity contribution in [3.05, 3.63) is 65.2 Å². The van der Waals surface area contributed by atoms with Crippen LogP contribution in [-0.4, -0.2) is 26.1 Å². The Morgan fingerprint density at radius 3 is 1.78 bits per heavy atom. The Balaban J connectivity index is 2.74. The lowest BCUT2D eigenvalue weighted by Crippen LogP contribution is -2.17. The molecular formula is C21H25F3NO5PS. The zero-order valence-electron chi connectivity index (χ0n) is 18.3. The first-order valence-electron chi connectivity index (χ1n) is 9.71. The Hall–Kier alpha value is -2.00. The molecule has 6 nitrogen and oxygen atoms in total. The summed E-state index contributed by atoms with van der Waals surface area (Å²) in [5, 5.41) is 0. The fourth-order valence-electron chi connectivity index (χ4n) is 2.63. The van der Waals surface area contributed by atoms with E-state index in [4.69, 9.17) is 9.05 Å². The summed E-state index contributed by atoms with van der Waals surface area (Å²) in [6, 6.07) is 9.27. The minimum Gasteiger partial charge on any atom is -0.301 e. The van der Waals surface area contributed by atoms with E-state index in [9.17, 15) is 26.2 Å². The van der Waals surface area contributed by atoms with Crippen molar-refractivity contribution in [2.75, 3.05) is 0 Å². The van der Waals surface area contributed by atoms with Gasteiger partial charge in [0.1, 0.15) is 0 Å². The zero-order chi connectivity index (χ0) is 24.3. The molecule has 0 atom stereocenters. The number of halogens is 3. The number of alkyl halides is 3. The average Bonchev–Trinajstić information content (AvgIpc) is 2.64. The Labute approximate surface area is 186 Å². The third kappa shape index (κ3) is 6.75. The van der Waals surface area contributed by atoms with Crippen molar-refractivity contribution >= 4 is 23.1 Å². The summed E-state index contributed by atoms with van der Waals surface area (Å²) in [5.74, 6) is 0. The van der Waals surface area contributed by atoms with E-state index >= 15 is 0 Å². The highest BCUT2D eigenvalue weighted by atomic mass is 32.2. The maximum absolute atomic E-state index is 13.7. The summed E-state index contributed by atoms with van der Waals surface area (Å²) < 4.78 is 93.3. The van der Waals surface area contributed by atoms with Crippen molar-refractivity contribution in [3.63, 3.8) is 0 Å². The molecule has 0 N–H and O–H groups in total. The molecule has 0 heterocycles. The van der Waals surface area contributed by atoms with E-state index in [-0.39, 0.29) is 10.5 Å². The van der Waals surface area contributed by atoms with Crippen LogP contribution in [0.2, 0.25) is 0 Å². The molecule has 2 aromatic rings. The molecule has 0 saturated carbocycles. The van der Waals surface area contributed by atoms with Gasteiger partial charge in [-0.2, -0.15) is 26.0 Å². The monoisotopic (exact) mass is 491 g/mol. The third-order valence-corrected chi connectivity index (χ3v) is 7.66. The quantitative estimate of drug-likeness (QED) is 0.325. The van der Waals surface area contributed by atoms with Gasteiger partial charge in [0.05, 0.1) is 22.7 Å². The van der Waals surface area contributed by atoms with Gasteiger partial charge < -0.3 is 9.05 Å². The van der Waals surface area contributed by atoms with E-state index in [1.54, 1.807) is 46.8 Å². The maximum atomic E-state index is 13.7. The summed E-state index contributed by atoms with van der Waals surface area (Å²) in [4.78, 5) is -0.173. The molecule has 0 unspecified atom stereocenters. The van der Waals surface area contributed by atoms with Gasteiger partial charge >= 0.3 is 13.8 Å². The highest BCUT2D eigenvalue weighted by molar-refractivity contribution is 7.91. The predicted octanol–water partition coefficient (Wildman–Crippen LogP) is 6.19. The summed E-state index contributed by atoms with van der Waals surface area (Å²) >= 11 is 0. The summed E-state index contributed by atoms with van der Waals surface area (Å²) in [6.45, 7) is 8.03. The number of nitrogens with zero attached hydrogens (tertiary/aromatic N) is 1. The highest BCUT2D eigenvalue weighted by Crippen LogP contribution is 2.54. The van der Waals surface area contributed by atoms with Gasteiger partial charge in [-0.1, -0.05) is 29.8 Å². The molecule has 0 aliphatic heterocycles. The smallest absolute Gasteiger partial charge is 0.301 e. The lowest BCUT2D eigenvalue weighted by atomic mass is 10.1. The van der Waals surface area contributed by atoms with Crippen LogP contribution in [0.5, 0.6) is 0 Å². The molecule has 2 aromatic carbocycles. The summed E-state index contributed by atoms with van der Waals surface area (Å²) in [7, 11) is -8.74. The topological polar surface area (TPSA) is 82.0 Å². The normalized spacial score (nSPS) is 13.8. The standard InChI is InChI=1S/C21H25F3NO5PS/c1-14(2)29-31(26,30-15(3)4)20(17-8-10-18(11-9-17)21(22,23)24)25-32(27,28)19-12-6-16(5)7-13-19/h6-15H,1-5H3/b25-20+. The molecule has 11 heteroatoms. The van der Waals surface area contributed by atoms with Gasteiger partial charge in [0.25, 0.3) is 10.0 Å². The van der Waals surface area contributed by atoms with Gasteiger partial charge in [-0.15, -0.1) is 0 Å². The van der Waals surface area contributed by atoms with E-state index < -0.39 is 47.0 Å². The number of rotatable bonds is 8. The summed E-state index contributed by atoms with van der Waals surface area (Å²) in [6.07, 6.45) is -5.90. The average molecular weight is 491 g/mol. The van der Waals surface area contributed by atoms with Crippen LogP contribution < -0.4 is 0 Å². The number of benzene rings is 2. The van der Waals surface area contributed by atoms with Crippen LogP contribution in [0.15, 0.2) is 57.8 Å². The Morgan fingerprint density at radius 2 is 1.38 bits per heavy atom. The van der Waals surface area contributed by atoms with Crippen molar-refractivity contribution < 1.29 is 35.2 Å². The predicted molar refractivity (Wildman–Crippen MR) is 116 cm³/mol. The second-order valence-electron chi connectivity index (χ2n) is 7.58. The molecule has 0 aromatic heterocycles. The minimum absolute atomic E-state index is 0.127. The van der Waals surface area contributed by atoms with E-state index in [1.807, 2.05) is 0 Å². The number of hydrogen-bond acceptors (Lipinski definition) is 5. The molecule has 0 fully saturated rings. The second-order valence-corrected chi connectivity index (χ2v) is 11.0. The van der Waals surface area contributed by atoms with Gasteiger partial charge in [-0.05, 0) is 58.9 Å². The molecule has 2 rings (SSSR count). The van der Waals surface area contributed by atoms with Crippen LogP contribution in [0.1, 0.15) is 44.4 Å². The van der Waals surface area contributed by atoms with Crippen molar-refractivity contribution in [1.82, 2.24) is 0 Å². The highest BCUT2D eigenvalue weighted by Gasteiger charge is 2.38. The number of sulfonamides is 1. The lowest BCUT2D eigenvalue weighted by molar-refractivity contribution is -0.137. The number of aryl methyl sites for hydroxylation is 1. The Kier molecular flexibility index (Phi) is 8.10. The van der Waals surface area contributed by atoms with E-state index in [2.05, 4.69) is 4.40 Å². The van der Waals surface area contributed by atoms with Crippen LogP contribution in [0.4, 0.5) is 13.2 Å². The molecule has 0 aliphatic carbocycles. The molecule has 0 radical (unpaired) electrons. The molecule has 0 aliphatic rings. The number of hydrogen-bond donors (Lipinski definition) is 0. The second kappa shape index (κ2) is 9.87. The fourth-order valence-corrected chi connectivity index (χ4v) is 6.09. The Bertz CT molecular complexity index is 1100. The maximum Gasteiger partial charge on any atom is 0.416 e. The van der Waals surface area contributed by atoms with Gasteiger partial charge in [-0.25, -0.2) is 0 Å². The van der Waals surface area contributed by atoms with Crippen LogP contribution in [-0.2, 0) is 29.8 Å². The van der Waals surface area contributed by atoms with E-state index in [0.29, 0.717) is 0 Å². The third-order valence-electron chi connectivity index (χ3n) is 3.95. The molecule has 0 bridgehead atoms. The first kappa shape index (κ1) is 26.3. The van der Waals surface area contributed by atoms with Gasteiger partial charge in [0, 0.05) is 5.56 Å². The first-order chi connectivity index (χ1) is 14.6. The van der Waals surface area contributed by atoms with Crippen LogP contribution >= 0.6 is 7.60 Å². The van der Waals surface area contributed by atoms with E-state index in [1.165, 1.54) is 12.1 Å². The Morgan fingerprint density at radius 1 is 0.906 bits per heavy atom. The lowest BCUT2D eigenvalue weighted by Gasteiger charge is -2.24. The van der Waals surface area contributed by atoms with Crippen molar-refractivity contribution in [2.45, 2.75) is 57.9 Å². The largest absolute Gasteiger partial charge is 0.416 e. The van der Waals surface area contributed by atoms with Crippen molar-refractivity contribution in [2.24, 2.45) is 4.40 Å². The van der Waals surface area contributed by atoms with Gasteiger partial charge in [0.15, 0.2) is 5.45 Å². The van der Waals surface area contributed by atoms with Crippen LogP contribution in [0.3, 0.4) is 0 Å². The molecule has 0 amide bonds. The van der Waals surface area contributed by atoms with Gasteiger partial charge in [-0.3, -0.25) is 4.57 Å².